The molecule has 8 heteroatoms. The molecule has 0 spiro atoms. The summed E-state index contributed by atoms with van der Waals surface area (Å²) in [4.78, 5) is 38.1. The number of aliphatic hydroxyl groups is 1. The number of carbonyl (C=O) groups excluding carboxylic acids is 2. The van der Waals surface area contributed by atoms with E-state index in [1.165, 1.54) is 0 Å². The molecule has 2 unspecified atom stereocenters. The highest BCUT2D eigenvalue weighted by molar-refractivity contribution is 5.87. The molecule has 5 rings (SSSR count). The van der Waals surface area contributed by atoms with E-state index in [0.29, 0.717) is 23.8 Å². The van der Waals surface area contributed by atoms with Crippen LogP contribution < -0.4 is 10.6 Å². The van der Waals surface area contributed by atoms with Gasteiger partial charge in [0, 0.05) is 5.41 Å². The summed E-state index contributed by atoms with van der Waals surface area (Å²) in [6.45, 7) is 5.27. The van der Waals surface area contributed by atoms with E-state index in [4.69, 9.17) is 4.74 Å². The maximum atomic E-state index is 13.8. The van der Waals surface area contributed by atoms with Gasteiger partial charge in [-0.2, -0.15) is 0 Å². The number of aliphatic carboxylic acids is 1. The number of carbonyl (C=O) groups is 3. The van der Waals surface area contributed by atoms with Crippen LogP contribution in [0.2, 0.25) is 0 Å². The van der Waals surface area contributed by atoms with Crippen LogP contribution in [-0.4, -0.2) is 45.4 Å². The minimum atomic E-state index is -1.03. The van der Waals surface area contributed by atoms with Crippen molar-refractivity contribution in [1.82, 2.24) is 10.6 Å². The highest BCUT2D eigenvalue weighted by Crippen LogP contribution is 2.62. The fourth-order valence-corrected chi connectivity index (χ4v) is 6.91. The second-order valence-electron chi connectivity index (χ2n) is 11.7. The second-order valence-corrected chi connectivity index (χ2v) is 11.7. The normalized spacial score (nSPS) is 31.4. The molecule has 2 amide bonds. The Labute approximate surface area is 200 Å². The van der Waals surface area contributed by atoms with Crippen molar-refractivity contribution in [1.29, 1.82) is 0 Å². The van der Waals surface area contributed by atoms with Crippen LogP contribution in [0.5, 0.6) is 0 Å². The van der Waals surface area contributed by atoms with E-state index in [-0.39, 0.29) is 6.42 Å². The molecule has 0 aromatic heterocycles. The number of carboxylic acid groups (broad SMARTS) is 1. The smallest absolute Gasteiger partial charge is 0.408 e. The topological polar surface area (TPSA) is 125 Å². The predicted molar refractivity (Wildman–Crippen MR) is 125 cm³/mol. The molecular weight excluding hydrogens is 436 g/mol. The van der Waals surface area contributed by atoms with Crippen LogP contribution in [0.25, 0.3) is 0 Å². The molecule has 34 heavy (non-hydrogen) atoms. The standard InChI is InChI=1S/C26H36N2O6/c1-24(2,3)34-23(32)28-21(25-11-16-9-17(12-25)14-26(33,13-16)15-25)22(31)27-19(10-20(29)30)18-7-5-4-6-8-18/h4-8,16-17,19,21,33H,9-15H2,1-3H3,(H,27,31)(H,28,32)(H,29,30)/t16?,17?,19-,21-,25?,26?/m1/s1. The van der Waals surface area contributed by atoms with Crippen molar-refractivity contribution in [2.45, 2.75) is 89.0 Å². The summed E-state index contributed by atoms with van der Waals surface area (Å²) in [7, 11) is 0. The van der Waals surface area contributed by atoms with Gasteiger partial charge in [-0.1, -0.05) is 30.3 Å². The van der Waals surface area contributed by atoms with Crippen molar-refractivity contribution in [3.8, 4) is 0 Å². The first-order valence-electron chi connectivity index (χ1n) is 12.2. The fraction of sp³-hybridized carbons (Fsp3) is 0.654. The van der Waals surface area contributed by atoms with Crippen molar-refractivity contribution < 1.29 is 29.3 Å². The van der Waals surface area contributed by atoms with Gasteiger partial charge in [0.15, 0.2) is 0 Å². The van der Waals surface area contributed by atoms with Gasteiger partial charge in [0.1, 0.15) is 11.6 Å². The average molecular weight is 473 g/mol. The Kier molecular flexibility index (Phi) is 6.40. The molecule has 1 aromatic rings. The highest BCUT2D eigenvalue weighted by atomic mass is 16.6. The maximum Gasteiger partial charge on any atom is 0.408 e. The van der Waals surface area contributed by atoms with E-state index in [2.05, 4.69) is 10.6 Å². The van der Waals surface area contributed by atoms with Gasteiger partial charge in [0.2, 0.25) is 5.91 Å². The first-order chi connectivity index (χ1) is 15.9. The van der Waals surface area contributed by atoms with Crippen molar-refractivity contribution in [2.24, 2.45) is 17.3 Å². The van der Waals surface area contributed by atoms with Crippen LogP contribution in [0.4, 0.5) is 4.79 Å². The molecule has 4 saturated carbocycles. The van der Waals surface area contributed by atoms with Crippen LogP contribution in [0.3, 0.4) is 0 Å². The number of alkyl carbamates (subject to hydrolysis) is 1. The minimum absolute atomic E-state index is 0.281. The van der Waals surface area contributed by atoms with E-state index in [0.717, 1.165) is 32.1 Å². The Morgan fingerprint density at radius 3 is 2.21 bits per heavy atom. The molecular formula is C26H36N2O6. The lowest BCUT2D eigenvalue weighted by Gasteiger charge is -2.62. The van der Waals surface area contributed by atoms with Gasteiger partial charge in [-0.05, 0) is 76.7 Å². The molecule has 0 saturated heterocycles. The van der Waals surface area contributed by atoms with E-state index >= 15 is 0 Å². The number of ether oxygens (including phenoxy) is 1. The van der Waals surface area contributed by atoms with Gasteiger partial charge in [0.25, 0.3) is 0 Å². The Balaban J connectivity index is 1.63. The van der Waals surface area contributed by atoms with E-state index in [9.17, 15) is 24.6 Å². The minimum Gasteiger partial charge on any atom is -0.481 e. The van der Waals surface area contributed by atoms with Crippen LogP contribution in [0.1, 0.15) is 77.3 Å². The predicted octanol–water partition coefficient (Wildman–Crippen LogP) is 3.54. The first kappa shape index (κ1) is 24.5. The number of nitrogens with one attached hydrogen (secondary N) is 2. The molecule has 4 N–H and O–H groups in total. The fourth-order valence-electron chi connectivity index (χ4n) is 6.91. The largest absolute Gasteiger partial charge is 0.481 e. The summed E-state index contributed by atoms with van der Waals surface area (Å²) in [6, 6.07) is 7.29. The van der Waals surface area contributed by atoms with E-state index in [1.54, 1.807) is 45.0 Å². The van der Waals surface area contributed by atoms with Crippen LogP contribution in [0.15, 0.2) is 30.3 Å². The third-order valence-electron chi connectivity index (χ3n) is 7.51. The summed E-state index contributed by atoms with van der Waals surface area (Å²) in [5.41, 5.74) is -1.47. The molecule has 4 fully saturated rings. The number of hydrogen-bond acceptors (Lipinski definition) is 5. The van der Waals surface area contributed by atoms with E-state index < -0.39 is 46.7 Å². The van der Waals surface area contributed by atoms with Gasteiger partial charge in [0.05, 0.1) is 18.1 Å². The third-order valence-corrected chi connectivity index (χ3v) is 7.51. The molecule has 4 aliphatic carbocycles. The van der Waals surface area contributed by atoms with Crippen LogP contribution >= 0.6 is 0 Å². The summed E-state index contributed by atoms with van der Waals surface area (Å²) < 4.78 is 5.47. The molecule has 8 nitrogen and oxygen atoms in total. The maximum absolute atomic E-state index is 13.8. The number of carboxylic acids is 1. The molecule has 0 radical (unpaired) electrons. The number of rotatable bonds is 7. The van der Waals surface area contributed by atoms with Crippen molar-refractivity contribution in [3.63, 3.8) is 0 Å². The van der Waals surface area contributed by atoms with Crippen LogP contribution in [0, 0.1) is 17.3 Å². The Bertz CT molecular complexity index is 926. The molecule has 4 bridgehead atoms. The number of benzene rings is 1. The zero-order chi connectivity index (χ0) is 24.7. The zero-order valence-corrected chi connectivity index (χ0v) is 20.2. The molecule has 4 atom stereocenters. The Morgan fingerprint density at radius 2 is 1.68 bits per heavy atom. The lowest BCUT2D eigenvalue weighted by molar-refractivity contribution is -0.177. The van der Waals surface area contributed by atoms with Crippen molar-refractivity contribution in [2.75, 3.05) is 0 Å². The highest BCUT2D eigenvalue weighted by Gasteiger charge is 2.61. The first-order valence-corrected chi connectivity index (χ1v) is 12.2. The molecule has 0 aliphatic heterocycles. The Hall–Kier alpha value is -2.61. The van der Waals surface area contributed by atoms with Gasteiger partial charge < -0.3 is 25.6 Å². The van der Waals surface area contributed by atoms with Crippen molar-refractivity contribution >= 4 is 18.0 Å². The summed E-state index contributed by atoms with van der Waals surface area (Å²) >= 11 is 0. The zero-order valence-electron chi connectivity index (χ0n) is 20.2. The quantitative estimate of drug-likeness (QED) is 0.481. The monoisotopic (exact) mass is 472 g/mol. The van der Waals surface area contributed by atoms with Gasteiger partial charge >= 0.3 is 12.1 Å². The summed E-state index contributed by atoms with van der Waals surface area (Å²) in [5, 5.41) is 26.4. The molecule has 4 aliphatic rings. The average Bonchev–Trinajstić information content (AvgIpc) is 2.68. The molecule has 186 valence electrons. The summed E-state index contributed by atoms with van der Waals surface area (Å²) in [5.74, 6) is -0.849. The Morgan fingerprint density at radius 1 is 1.06 bits per heavy atom. The van der Waals surface area contributed by atoms with Crippen LogP contribution in [-0.2, 0) is 14.3 Å². The van der Waals surface area contributed by atoms with E-state index in [1.807, 2.05) is 6.07 Å². The molecule has 0 heterocycles. The van der Waals surface area contributed by atoms with Gasteiger partial charge in [-0.25, -0.2) is 4.79 Å². The SMILES string of the molecule is CC(C)(C)OC(=O)N[C@H](C(=O)N[C@H](CC(=O)O)c1ccccc1)C12CC3CC(CC(O)(C3)C1)C2. The third kappa shape index (κ3) is 5.37. The number of hydrogen-bond donors (Lipinski definition) is 4. The lowest BCUT2D eigenvalue weighted by Crippen LogP contribution is -2.66. The second kappa shape index (κ2) is 8.87. The van der Waals surface area contributed by atoms with Gasteiger partial charge in [-0.15, -0.1) is 0 Å². The summed E-state index contributed by atoms with van der Waals surface area (Å²) in [6.07, 6.45) is 3.46. The number of amides is 2. The molecule has 1 aromatic carbocycles. The van der Waals surface area contributed by atoms with Crippen molar-refractivity contribution in [3.05, 3.63) is 35.9 Å². The lowest BCUT2D eigenvalue weighted by atomic mass is 9.46. The van der Waals surface area contributed by atoms with Gasteiger partial charge in [-0.3, -0.25) is 9.59 Å².